The monoisotopic (exact) mass is 193 g/mol. The van der Waals surface area contributed by atoms with Crippen molar-refractivity contribution in [3.63, 3.8) is 0 Å². The largest absolute Gasteiger partial charge is 0.294 e. The molecule has 0 aromatic carbocycles. The van der Waals surface area contributed by atoms with Gasteiger partial charge in [0.25, 0.3) is 0 Å². The molecule has 1 unspecified atom stereocenters. The second-order valence-electron chi connectivity index (χ2n) is 3.86. The molecule has 0 heterocycles. The van der Waals surface area contributed by atoms with Crippen molar-refractivity contribution in [2.24, 2.45) is 0 Å². The standard InChI is InChI=1S/C8H19NO2S/c1-5-6-7-9(12(10)11)8(2,3)4/h5-7H2,1-4H3,(H,10,11). The van der Waals surface area contributed by atoms with Gasteiger partial charge in [0, 0.05) is 12.1 Å². The van der Waals surface area contributed by atoms with Crippen molar-refractivity contribution in [2.45, 2.75) is 46.1 Å². The summed E-state index contributed by atoms with van der Waals surface area (Å²) in [6, 6.07) is 0. The topological polar surface area (TPSA) is 40.5 Å². The van der Waals surface area contributed by atoms with Crippen molar-refractivity contribution in [1.82, 2.24) is 4.31 Å². The molecule has 0 saturated carbocycles. The summed E-state index contributed by atoms with van der Waals surface area (Å²) in [5.74, 6) is 0. The van der Waals surface area contributed by atoms with Crippen LogP contribution in [0, 0.1) is 0 Å². The Balaban J connectivity index is 4.15. The van der Waals surface area contributed by atoms with Crippen LogP contribution in [0.15, 0.2) is 0 Å². The van der Waals surface area contributed by atoms with E-state index in [2.05, 4.69) is 6.92 Å². The summed E-state index contributed by atoms with van der Waals surface area (Å²) in [5, 5.41) is 0. The molecule has 12 heavy (non-hydrogen) atoms. The Morgan fingerprint density at radius 2 is 1.92 bits per heavy atom. The first-order valence-corrected chi connectivity index (χ1v) is 5.34. The lowest BCUT2D eigenvalue weighted by molar-refractivity contribution is 0.242. The van der Waals surface area contributed by atoms with Gasteiger partial charge in [0.15, 0.2) is 0 Å². The van der Waals surface area contributed by atoms with Crippen LogP contribution >= 0.6 is 0 Å². The lowest BCUT2D eigenvalue weighted by atomic mass is 10.1. The molecule has 0 fully saturated rings. The summed E-state index contributed by atoms with van der Waals surface area (Å²) >= 11 is -1.84. The molecule has 0 spiro atoms. The van der Waals surface area contributed by atoms with Gasteiger partial charge in [-0.1, -0.05) is 13.3 Å². The Kier molecular flexibility index (Phi) is 4.97. The van der Waals surface area contributed by atoms with Crippen LogP contribution in [0.4, 0.5) is 0 Å². The van der Waals surface area contributed by atoms with Gasteiger partial charge in [-0.05, 0) is 27.2 Å². The molecule has 4 heteroatoms. The van der Waals surface area contributed by atoms with Crippen molar-refractivity contribution in [1.29, 1.82) is 0 Å². The first kappa shape index (κ1) is 12.1. The molecule has 0 aliphatic carbocycles. The van der Waals surface area contributed by atoms with Crippen molar-refractivity contribution in [3.05, 3.63) is 0 Å². The van der Waals surface area contributed by atoms with E-state index in [1.54, 1.807) is 4.31 Å². The number of rotatable bonds is 4. The SMILES string of the molecule is CCCCN(S(=O)O)C(C)(C)C. The number of hydrogen-bond acceptors (Lipinski definition) is 1. The van der Waals surface area contributed by atoms with Gasteiger partial charge in [-0.15, -0.1) is 0 Å². The van der Waals surface area contributed by atoms with Gasteiger partial charge in [-0.2, -0.15) is 4.31 Å². The second-order valence-corrected chi connectivity index (χ2v) is 4.76. The zero-order valence-electron chi connectivity index (χ0n) is 8.33. The van der Waals surface area contributed by atoms with E-state index >= 15 is 0 Å². The highest BCUT2D eigenvalue weighted by Crippen LogP contribution is 2.15. The van der Waals surface area contributed by atoms with Gasteiger partial charge in [0.05, 0.1) is 0 Å². The van der Waals surface area contributed by atoms with E-state index < -0.39 is 11.3 Å². The third-order valence-electron chi connectivity index (χ3n) is 1.65. The van der Waals surface area contributed by atoms with Crippen LogP contribution in [0.3, 0.4) is 0 Å². The Morgan fingerprint density at radius 1 is 1.42 bits per heavy atom. The molecule has 3 nitrogen and oxygen atoms in total. The third kappa shape index (κ3) is 4.18. The molecular weight excluding hydrogens is 174 g/mol. The molecule has 0 radical (unpaired) electrons. The summed E-state index contributed by atoms with van der Waals surface area (Å²) < 4.78 is 21.5. The van der Waals surface area contributed by atoms with Crippen LogP contribution in [0.2, 0.25) is 0 Å². The van der Waals surface area contributed by atoms with Crippen molar-refractivity contribution in [3.8, 4) is 0 Å². The molecule has 1 N–H and O–H groups in total. The highest BCUT2D eigenvalue weighted by atomic mass is 32.2. The zero-order chi connectivity index (χ0) is 9.78. The van der Waals surface area contributed by atoms with E-state index in [0.717, 1.165) is 12.8 Å². The average molecular weight is 193 g/mol. The minimum Gasteiger partial charge on any atom is -0.294 e. The normalized spacial score (nSPS) is 15.2. The van der Waals surface area contributed by atoms with Gasteiger partial charge < -0.3 is 0 Å². The lowest BCUT2D eigenvalue weighted by Crippen LogP contribution is -2.42. The van der Waals surface area contributed by atoms with Crippen molar-refractivity contribution in [2.75, 3.05) is 6.54 Å². The van der Waals surface area contributed by atoms with E-state index in [-0.39, 0.29) is 5.54 Å². The van der Waals surface area contributed by atoms with Gasteiger partial charge in [0.1, 0.15) is 0 Å². The summed E-state index contributed by atoms with van der Waals surface area (Å²) in [7, 11) is 0. The summed E-state index contributed by atoms with van der Waals surface area (Å²) in [4.78, 5) is 0. The van der Waals surface area contributed by atoms with E-state index in [9.17, 15) is 4.21 Å². The van der Waals surface area contributed by atoms with Crippen molar-refractivity contribution < 1.29 is 8.76 Å². The first-order valence-electron chi connectivity index (χ1n) is 4.28. The summed E-state index contributed by atoms with van der Waals surface area (Å²) in [6.45, 7) is 8.58. The Morgan fingerprint density at radius 3 is 2.17 bits per heavy atom. The zero-order valence-corrected chi connectivity index (χ0v) is 9.15. The van der Waals surface area contributed by atoms with E-state index in [0.29, 0.717) is 6.54 Å². The number of hydrogen-bond donors (Lipinski definition) is 1. The fourth-order valence-electron chi connectivity index (χ4n) is 0.950. The smallest absolute Gasteiger partial charge is 0.234 e. The predicted molar refractivity (Wildman–Crippen MR) is 52.1 cm³/mol. The maximum atomic E-state index is 10.9. The van der Waals surface area contributed by atoms with Crippen LogP contribution in [-0.2, 0) is 11.3 Å². The van der Waals surface area contributed by atoms with Crippen molar-refractivity contribution >= 4 is 11.3 Å². The molecule has 0 aromatic rings. The highest BCUT2D eigenvalue weighted by molar-refractivity contribution is 7.76. The molecular formula is C8H19NO2S. The quantitative estimate of drug-likeness (QED) is 0.694. The molecule has 0 amide bonds. The summed E-state index contributed by atoms with van der Waals surface area (Å²) in [6.07, 6.45) is 2.01. The van der Waals surface area contributed by atoms with Crippen LogP contribution in [0.5, 0.6) is 0 Å². The average Bonchev–Trinajstić information content (AvgIpc) is 1.84. The fourth-order valence-corrected chi connectivity index (χ4v) is 1.70. The van der Waals surface area contributed by atoms with Crippen LogP contribution in [0.1, 0.15) is 40.5 Å². The Hall–Kier alpha value is 0.0700. The Bertz CT molecular complexity index is 154. The van der Waals surface area contributed by atoms with Crippen LogP contribution in [0.25, 0.3) is 0 Å². The molecule has 0 saturated heterocycles. The minimum absolute atomic E-state index is 0.227. The number of unbranched alkanes of at least 4 members (excludes halogenated alkanes) is 1. The molecule has 0 aromatic heterocycles. The molecule has 0 aliphatic heterocycles. The van der Waals surface area contributed by atoms with E-state index in [1.807, 2.05) is 20.8 Å². The van der Waals surface area contributed by atoms with Gasteiger partial charge in [-0.3, -0.25) is 4.55 Å². The molecule has 0 bridgehead atoms. The minimum atomic E-state index is -1.84. The maximum absolute atomic E-state index is 10.9. The Labute approximate surface area is 77.6 Å². The molecule has 1 atom stereocenters. The fraction of sp³-hybridized carbons (Fsp3) is 1.00. The maximum Gasteiger partial charge on any atom is 0.234 e. The first-order chi connectivity index (χ1) is 5.39. The molecule has 0 rings (SSSR count). The second kappa shape index (κ2) is 4.94. The van der Waals surface area contributed by atoms with Gasteiger partial charge in [-0.25, -0.2) is 4.21 Å². The third-order valence-corrected chi connectivity index (χ3v) is 2.76. The van der Waals surface area contributed by atoms with E-state index in [4.69, 9.17) is 4.55 Å². The van der Waals surface area contributed by atoms with Gasteiger partial charge in [0.2, 0.25) is 11.3 Å². The van der Waals surface area contributed by atoms with Gasteiger partial charge >= 0.3 is 0 Å². The highest BCUT2D eigenvalue weighted by Gasteiger charge is 2.24. The molecule has 0 aliphatic rings. The lowest BCUT2D eigenvalue weighted by Gasteiger charge is -2.31. The van der Waals surface area contributed by atoms with E-state index in [1.165, 1.54) is 0 Å². The summed E-state index contributed by atoms with van der Waals surface area (Å²) in [5.41, 5.74) is -0.227. The van der Waals surface area contributed by atoms with Crippen LogP contribution < -0.4 is 0 Å². The predicted octanol–water partition coefficient (Wildman–Crippen LogP) is 2.02. The molecule has 74 valence electrons. The van der Waals surface area contributed by atoms with Crippen LogP contribution in [-0.4, -0.2) is 25.2 Å². The number of nitrogens with zero attached hydrogens (tertiary/aromatic N) is 1.